The molecule has 4 fully saturated rings. The van der Waals surface area contributed by atoms with E-state index in [1.807, 2.05) is 0 Å². The molecule has 6 atom stereocenters. The van der Waals surface area contributed by atoms with Crippen molar-refractivity contribution in [3.05, 3.63) is 70.2 Å². The summed E-state index contributed by atoms with van der Waals surface area (Å²) < 4.78 is 0. The molecule has 4 saturated carbocycles. The van der Waals surface area contributed by atoms with E-state index in [1.165, 1.54) is 57.8 Å². The average Bonchev–Trinajstić information content (AvgIpc) is 2.73. The Hall–Kier alpha value is -1.31. The molecule has 5 aliphatic carbocycles. The van der Waals surface area contributed by atoms with Crippen LogP contribution in [0.2, 0.25) is 5.02 Å². The number of fused-ring (bicyclic) bond motifs is 1. The van der Waals surface area contributed by atoms with Crippen LogP contribution in [0.4, 0.5) is 0 Å². The quantitative estimate of drug-likeness (QED) is 0.580. The second-order valence-corrected chi connectivity index (χ2v) is 11.6. The summed E-state index contributed by atoms with van der Waals surface area (Å²) in [5.74, 6) is 1.83. The van der Waals surface area contributed by atoms with Gasteiger partial charge in [-0.05, 0) is 116 Å². The summed E-state index contributed by atoms with van der Waals surface area (Å²) in [6.45, 7) is 2.52. The van der Waals surface area contributed by atoms with Gasteiger partial charge in [0.25, 0.3) is 0 Å². The lowest BCUT2D eigenvalue weighted by molar-refractivity contribution is -0.0897. The molecule has 5 aliphatic rings. The van der Waals surface area contributed by atoms with Crippen molar-refractivity contribution in [2.45, 2.75) is 82.2 Å². The SMILES string of the molecule is C[C@@H](N[C@H]1CCc2ccccc2C1)C12C[C@@H]3C[C@@H](CC(c4ccc(Cl)cc4)(C3)C1)C2. The highest BCUT2D eigenvalue weighted by molar-refractivity contribution is 6.30. The maximum Gasteiger partial charge on any atom is 0.0406 e. The molecule has 30 heavy (non-hydrogen) atoms. The number of hydrogen-bond donors (Lipinski definition) is 1. The van der Waals surface area contributed by atoms with Gasteiger partial charge in [-0.15, -0.1) is 0 Å². The fourth-order valence-electron chi connectivity index (χ4n) is 8.35. The Balaban J connectivity index is 1.25. The highest BCUT2D eigenvalue weighted by Gasteiger charge is 2.59. The normalized spacial score (nSPS) is 37.7. The van der Waals surface area contributed by atoms with Gasteiger partial charge in [0.15, 0.2) is 0 Å². The van der Waals surface area contributed by atoms with Gasteiger partial charge < -0.3 is 5.32 Å². The van der Waals surface area contributed by atoms with Gasteiger partial charge >= 0.3 is 0 Å². The fourth-order valence-corrected chi connectivity index (χ4v) is 8.48. The van der Waals surface area contributed by atoms with Crippen LogP contribution in [0.1, 0.15) is 68.6 Å². The minimum Gasteiger partial charge on any atom is -0.311 e. The smallest absolute Gasteiger partial charge is 0.0406 e. The van der Waals surface area contributed by atoms with Gasteiger partial charge in [-0.2, -0.15) is 0 Å². The number of hydrogen-bond acceptors (Lipinski definition) is 1. The minimum atomic E-state index is 0.393. The summed E-state index contributed by atoms with van der Waals surface area (Å²) in [6, 6.07) is 19.2. The first-order valence-electron chi connectivity index (χ1n) is 12.1. The van der Waals surface area contributed by atoms with Crippen LogP contribution in [0.5, 0.6) is 0 Å². The van der Waals surface area contributed by atoms with E-state index in [0.717, 1.165) is 16.9 Å². The predicted molar refractivity (Wildman–Crippen MR) is 125 cm³/mol. The molecule has 4 bridgehead atoms. The topological polar surface area (TPSA) is 12.0 Å². The highest BCUT2D eigenvalue weighted by atomic mass is 35.5. The van der Waals surface area contributed by atoms with Gasteiger partial charge in [0.1, 0.15) is 0 Å². The van der Waals surface area contributed by atoms with Gasteiger partial charge in [-0.25, -0.2) is 0 Å². The molecule has 1 nitrogen and oxygen atoms in total. The lowest BCUT2D eigenvalue weighted by Gasteiger charge is -2.64. The van der Waals surface area contributed by atoms with Crippen molar-refractivity contribution in [2.75, 3.05) is 0 Å². The summed E-state index contributed by atoms with van der Waals surface area (Å²) in [6.07, 6.45) is 12.2. The first-order valence-corrected chi connectivity index (χ1v) is 12.5. The van der Waals surface area contributed by atoms with Gasteiger partial charge in [-0.3, -0.25) is 0 Å². The molecule has 0 spiro atoms. The zero-order valence-corrected chi connectivity index (χ0v) is 18.9. The molecular weight excluding hydrogens is 386 g/mol. The predicted octanol–water partition coefficient (Wildman–Crippen LogP) is 6.71. The summed E-state index contributed by atoms with van der Waals surface area (Å²) in [7, 11) is 0. The Morgan fingerprint density at radius 1 is 0.933 bits per heavy atom. The Morgan fingerprint density at radius 2 is 1.63 bits per heavy atom. The van der Waals surface area contributed by atoms with Crippen molar-refractivity contribution < 1.29 is 0 Å². The third-order valence-electron chi connectivity index (χ3n) is 9.31. The summed E-state index contributed by atoms with van der Waals surface area (Å²) >= 11 is 6.23. The molecule has 2 aromatic rings. The minimum absolute atomic E-state index is 0.393. The molecule has 0 amide bonds. The molecule has 0 heterocycles. The largest absolute Gasteiger partial charge is 0.311 e. The van der Waals surface area contributed by atoms with Gasteiger partial charge in [-0.1, -0.05) is 48.0 Å². The first kappa shape index (κ1) is 19.4. The van der Waals surface area contributed by atoms with Crippen molar-refractivity contribution in [2.24, 2.45) is 17.3 Å². The number of halogens is 1. The van der Waals surface area contributed by atoms with Gasteiger partial charge in [0, 0.05) is 17.1 Å². The second kappa shape index (κ2) is 7.10. The molecule has 1 N–H and O–H groups in total. The van der Waals surface area contributed by atoms with Crippen LogP contribution >= 0.6 is 11.6 Å². The van der Waals surface area contributed by atoms with Crippen molar-refractivity contribution in [3.8, 4) is 0 Å². The second-order valence-electron chi connectivity index (χ2n) is 11.2. The summed E-state index contributed by atoms with van der Waals surface area (Å²) in [5, 5.41) is 5.04. The third-order valence-corrected chi connectivity index (χ3v) is 9.57. The maximum atomic E-state index is 6.23. The molecule has 0 aliphatic heterocycles. The molecule has 0 radical (unpaired) electrons. The first-order chi connectivity index (χ1) is 14.5. The van der Waals surface area contributed by atoms with E-state index in [9.17, 15) is 0 Å². The van der Waals surface area contributed by atoms with Crippen LogP contribution in [0.25, 0.3) is 0 Å². The van der Waals surface area contributed by atoms with Crippen molar-refractivity contribution >= 4 is 11.6 Å². The van der Waals surface area contributed by atoms with E-state index in [-0.39, 0.29) is 0 Å². The summed E-state index contributed by atoms with van der Waals surface area (Å²) in [4.78, 5) is 0. The highest BCUT2D eigenvalue weighted by Crippen LogP contribution is 2.66. The van der Waals surface area contributed by atoms with Crippen molar-refractivity contribution in [1.29, 1.82) is 0 Å². The molecule has 2 unspecified atom stereocenters. The number of rotatable bonds is 4. The molecular formula is C28H34ClN. The lowest BCUT2D eigenvalue weighted by atomic mass is 9.41. The van der Waals surface area contributed by atoms with Crippen LogP contribution in [-0.4, -0.2) is 12.1 Å². The van der Waals surface area contributed by atoms with E-state index >= 15 is 0 Å². The van der Waals surface area contributed by atoms with Crippen molar-refractivity contribution in [3.63, 3.8) is 0 Å². The fraction of sp³-hybridized carbons (Fsp3) is 0.571. The molecule has 0 aromatic heterocycles. The van der Waals surface area contributed by atoms with Crippen LogP contribution in [-0.2, 0) is 18.3 Å². The molecule has 158 valence electrons. The van der Waals surface area contributed by atoms with E-state index < -0.39 is 0 Å². The zero-order chi connectivity index (χ0) is 20.3. The Kier molecular flexibility index (Phi) is 4.59. The molecule has 2 heteroatoms. The van der Waals surface area contributed by atoms with Gasteiger partial charge in [0.05, 0.1) is 0 Å². The lowest BCUT2D eigenvalue weighted by Crippen LogP contribution is -2.61. The van der Waals surface area contributed by atoms with Gasteiger partial charge in [0.2, 0.25) is 0 Å². The molecule has 0 saturated heterocycles. The number of nitrogens with one attached hydrogen (secondary N) is 1. The third kappa shape index (κ3) is 3.16. The van der Waals surface area contributed by atoms with E-state index in [4.69, 9.17) is 11.6 Å². The standard InChI is InChI=1S/C28H34ClN/c1-19(30-26-11-6-22-4-2-3-5-23(22)13-26)27-14-20-12-21(15-27)17-28(16-20,18-27)24-7-9-25(29)10-8-24/h2-5,7-10,19-21,26,30H,6,11-18H2,1H3/t19-,20-,21+,26+,27?,28?/m1/s1. The van der Waals surface area contributed by atoms with Crippen LogP contribution < -0.4 is 5.32 Å². The van der Waals surface area contributed by atoms with E-state index in [1.54, 1.807) is 16.7 Å². The van der Waals surface area contributed by atoms with Crippen LogP contribution in [0.3, 0.4) is 0 Å². The van der Waals surface area contributed by atoms with E-state index in [0.29, 0.717) is 22.9 Å². The monoisotopic (exact) mass is 419 g/mol. The zero-order valence-electron chi connectivity index (χ0n) is 18.2. The Labute approximate surface area is 186 Å². The molecule has 7 rings (SSSR count). The van der Waals surface area contributed by atoms with E-state index in [2.05, 4.69) is 60.8 Å². The number of aryl methyl sites for hydroxylation is 1. The number of benzene rings is 2. The van der Waals surface area contributed by atoms with Crippen LogP contribution in [0, 0.1) is 17.3 Å². The Bertz CT molecular complexity index is 918. The summed E-state index contributed by atoms with van der Waals surface area (Å²) in [5.41, 5.74) is 5.56. The average molecular weight is 420 g/mol. The van der Waals surface area contributed by atoms with Crippen molar-refractivity contribution in [1.82, 2.24) is 5.32 Å². The van der Waals surface area contributed by atoms with Crippen LogP contribution in [0.15, 0.2) is 48.5 Å². The maximum absolute atomic E-state index is 6.23. The Morgan fingerprint density at radius 3 is 2.37 bits per heavy atom. The molecule has 2 aromatic carbocycles.